The zero-order chi connectivity index (χ0) is 14.4. The number of rotatable bonds is 6. The largest absolute Gasteiger partial charge is 0.361 e. The maximum atomic E-state index is 12.1. The van der Waals surface area contributed by atoms with E-state index in [1.54, 1.807) is 17.0 Å². The zero-order valence-electron chi connectivity index (χ0n) is 12.1. The molecule has 0 aliphatic rings. The van der Waals surface area contributed by atoms with Crippen molar-refractivity contribution < 1.29 is 0 Å². The van der Waals surface area contributed by atoms with Crippen LogP contribution in [0.1, 0.15) is 31.4 Å². The minimum Gasteiger partial charge on any atom is -0.361 e. The standard InChI is InChI=1S/C16H21N3O/c1-3-10-19-11-9-17-15(16(19)20)18-12-14-7-5-13(4-2)6-8-14/h5-9,11H,3-4,10,12H2,1-2H3,(H,17,18). The van der Waals surface area contributed by atoms with Gasteiger partial charge in [0.2, 0.25) is 0 Å². The molecule has 1 heterocycles. The van der Waals surface area contributed by atoms with E-state index >= 15 is 0 Å². The first-order valence-corrected chi connectivity index (χ1v) is 7.11. The Morgan fingerprint density at radius 3 is 2.50 bits per heavy atom. The van der Waals surface area contributed by atoms with Crippen molar-refractivity contribution in [2.24, 2.45) is 0 Å². The summed E-state index contributed by atoms with van der Waals surface area (Å²) in [6, 6.07) is 8.40. The van der Waals surface area contributed by atoms with Crippen molar-refractivity contribution in [3.05, 3.63) is 58.1 Å². The second-order valence-electron chi connectivity index (χ2n) is 4.80. The van der Waals surface area contributed by atoms with Gasteiger partial charge in [-0.25, -0.2) is 4.98 Å². The summed E-state index contributed by atoms with van der Waals surface area (Å²) in [5.74, 6) is 0.417. The van der Waals surface area contributed by atoms with Crippen LogP contribution >= 0.6 is 0 Å². The molecule has 20 heavy (non-hydrogen) atoms. The Balaban J connectivity index is 2.06. The van der Waals surface area contributed by atoms with Crippen LogP contribution in [0.2, 0.25) is 0 Å². The van der Waals surface area contributed by atoms with Crippen molar-refractivity contribution in [2.75, 3.05) is 5.32 Å². The molecule has 2 rings (SSSR count). The predicted molar refractivity (Wildman–Crippen MR) is 81.9 cm³/mol. The second-order valence-corrected chi connectivity index (χ2v) is 4.80. The van der Waals surface area contributed by atoms with E-state index in [1.807, 2.05) is 0 Å². The molecule has 0 bridgehead atoms. The maximum absolute atomic E-state index is 12.1. The quantitative estimate of drug-likeness (QED) is 0.878. The fourth-order valence-corrected chi connectivity index (χ4v) is 2.06. The van der Waals surface area contributed by atoms with Gasteiger partial charge >= 0.3 is 0 Å². The van der Waals surface area contributed by atoms with Crippen LogP contribution in [-0.2, 0) is 19.5 Å². The Bertz CT molecular complexity index is 602. The molecule has 0 aliphatic carbocycles. The molecule has 0 unspecified atom stereocenters. The molecule has 0 fully saturated rings. The molecule has 106 valence electrons. The van der Waals surface area contributed by atoms with E-state index in [-0.39, 0.29) is 5.56 Å². The second kappa shape index (κ2) is 6.89. The summed E-state index contributed by atoms with van der Waals surface area (Å²) in [5.41, 5.74) is 2.41. The number of nitrogens with zero attached hydrogens (tertiary/aromatic N) is 2. The number of hydrogen-bond acceptors (Lipinski definition) is 3. The highest BCUT2D eigenvalue weighted by Crippen LogP contribution is 2.06. The normalized spacial score (nSPS) is 10.5. The van der Waals surface area contributed by atoms with Crippen LogP contribution < -0.4 is 10.9 Å². The summed E-state index contributed by atoms with van der Waals surface area (Å²) in [7, 11) is 0. The molecule has 4 nitrogen and oxygen atoms in total. The van der Waals surface area contributed by atoms with Gasteiger partial charge in [0, 0.05) is 25.5 Å². The molecule has 0 saturated carbocycles. The minimum absolute atomic E-state index is 0.0560. The van der Waals surface area contributed by atoms with Gasteiger partial charge in [-0.05, 0) is 24.0 Å². The fourth-order valence-electron chi connectivity index (χ4n) is 2.06. The molecule has 0 spiro atoms. The summed E-state index contributed by atoms with van der Waals surface area (Å²) in [6.07, 6.45) is 5.37. The van der Waals surface area contributed by atoms with Crippen molar-refractivity contribution in [2.45, 2.75) is 39.8 Å². The van der Waals surface area contributed by atoms with Crippen LogP contribution in [0.15, 0.2) is 41.5 Å². The molecular weight excluding hydrogens is 250 g/mol. The van der Waals surface area contributed by atoms with Crippen LogP contribution in [-0.4, -0.2) is 9.55 Å². The summed E-state index contributed by atoms with van der Waals surface area (Å²) in [4.78, 5) is 16.2. The van der Waals surface area contributed by atoms with E-state index in [1.165, 1.54) is 5.56 Å². The number of hydrogen-bond donors (Lipinski definition) is 1. The highest BCUT2D eigenvalue weighted by atomic mass is 16.1. The summed E-state index contributed by atoms with van der Waals surface area (Å²) in [5, 5.41) is 3.12. The van der Waals surface area contributed by atoms with E-state index in [9.17, 15) is 4.79 Å². The van der Waals surface area contributed by atoms with Crippen molar-refractivity contribution in [1.29, 1.82) is 0 Å². The number of benzene rings is 1. The summed E-state index contributed by atoms with van der Waals surface area (Å²) < 4.78 is 1.69. The molecule has 1 aromatic carbocycles. The first kappa shape index (κ1) is 14.3. The predicted octanol–water partition coefficient (Wildman–Crippen LogP) is 2.83. The summed E-state index contributed by atoms with van der Waals surface area (Å²) >= 11 is 0. The van der Waals surface area contributed by atoms with Gasteiger partial charge in [-0.1, -0.05) is 38.1 Å². The van der Waals surface area contributed by atoms with Gasteiger partial charge in [0.25, 0.3) is 5.56 Å². The smallest absolute Gasteiger partial charge is 0.293 e. The third kappa shape index (κ3) is 3.47. The Labute approximate surface area is 119 Å². The van der Waals surface area contributed by atoms with Gasteiger partial charge in [-0.3, -0.25) is 4.79 Å². The highest BCUT2D eigenvalue weighted by Gasteiger charge is 2.03. The zero-order valence-corrected chi connectivity index (χ0v) is 12.1. The maximum Gasteiger partial charge on any atom is 0.293 e. The van der Waals surface area contributed by atoms with E-state index in [0.29, 0.717) is 12.4 Å². The first-order valence-electron chi connectivity index (χ1n) is 7.11. The van der Waals surface area contributed by atoms with Crippen molar-refractivity contribution in [3.63, 3.8) is 0 Å². The fraction of sp³-hybridized carbons (Fsp3) is 0.375. The Hall–Kier alpha value is -2.10. The molecule has 1 aromatic heterocycles. The molecule has 0 saturated heterocycles. The third-order valence-electron chi connectivity index (χ3n) is 3.27. The minimum atomic E-state index is -0.0560. The molecule has 4 heteroatoms. The van der Waals surface area contributed by atoms with Gasteiger partial charge in [0.05, 0.1) is 0 Å². The lowest BCUT2D eigenvalue weighted by atomic mass is 10.1. The van der Waals surface area contributed by atoms with Crippen molar-refractivity contribution in [3.8, 4) is 0 Å². The number of aryl methyl sites for hydroxylation is 2. The van der Waals surface area contributed by atoms with Gasteiger partial charge in [0.1, 0.15) is 0 Å². The SMILES string of the molecule is CCCn1ccnc(NCc2ccc(CC)cc2)c1=O. The van der Waals surface area contributed by atoms with Crippen LogP contribution in [0, 0.1) is 0 Å². The van der Waals surface area contributed by atoms with Gasteiger partial charge in [0.15, 0.2) is 5.82 Å². The van der Waals surface area contributed by atoms with Crippen LogP contribution in [0.4, 0.5) is 5.82 Å². The summed E-state index contributed by atoms with van der Waals surface area (Å²) in [6.45, 7) is 5.52. The lowest BCUT2D eigenvalue weighted by Crippen LogP contribution is -2.24. The monoisotopic (exact) mass is 271 g/mol. The van der Waals surface area contributed by atoms with E-state index in [4.69, 9.17) is 0 Å². The van der Waals surface area contributed by atoms with Crippen LogP contribution in [0.5, 0.6) is 0 Å². The van der Waals surface area contributed by atoms with E-state index in [0.717, 1.165) is 24.9 Å². The molecule has 0 atom stereocenters. The molecule has 2 aromatic rings. The number of anilines is 1. The first-order chi connectivity index (χ1) is 9.74. The average molecular weight is 271 g/mol. The van der Waals surface area contributed by atoms with Gasteiger partial charge < -0.3 is 9.88 Å². The molecule has 1 N–H and O–H groups in total. The van der Waals surface area contributed by atoms with Crippen LogP contribution in [0.25, 0.3) is 0 Å². The van der Waals surface area contributed by atoms with Gasteiger partial charge in [-0.2, -0.15) is 0 Å². The van der Waals surface area contributed by atoms with Crippen molar-refractivity contribution in [1.82, 2.24) is 9.55 Å². The van der Waals surface area contributed by atoms with E-state index in [2.05, 4.69) is 48.4 Å². The van der Waals surface area contributed by atoms with E-state index < -0.39 is 0 Å². The Morgan fingerprint density at radius 2 is 1.85 bits per heavy atom. The topological polar surface area (TPSA) is 46.9 Å². The molecule has 0 radical (unpaired) electrons. The van der Waals surface area contributed by atoms with Crippen molar-refractivity contribution >= 4 is 5.82 Å². The Morgan fingerprint density at radius 1 is 1.15 bits per heavy atom. The lowest BCUT2D eigenvalue weighted by molar-refractivity contribution is 0.649. The molecular formula is C16H21N3O. The lowest BCUT2D eigenvalue weighted by Gasteiger charge is -2.08. The third-order valence-corrected chi connectivity index (χ3v) is 3.27. The number of aromatic nitrogens is 2. The Kier molecular flexibility index (Phi) is 4.93. The molecule has 0 amide bonds. The molecule has 0 aliphatic heterocycles. The van der Waals surface area contributed by atoms with Crippen LogP contribution in [0.3, 0.4) is 0 Å². The number of nitrogens with one attached hydrogen (secondary N) is 1. The van der Waals surface area contributed by atoms with Gasteiger partial charge in [-0.15, -0.1) is 0 Å². The average Bonchev–Trinajstić information content (AvgIpc) is 2.49. The highest BCUT2D eigenvalue weighted by molar-refractivity contribution is 5.33.